The van der Waals surface area contributed by atoms with E-state index in [9.17, 15) is 9.18 Å². The van der Waals surface area contributed by atoms with Crippen molar-refractivity contribution in [2.75, 3.05) is 29.5 Å². The van der Waals surface area contributed by atoms with Crippen molar-refractivity contribution in [3.05, 3.63) is 52.9 Å². The number of hydrogen-bond donors (Lipinski definition) is 1. The van der Waals surface area contributed by atoms with Crippen LogP contribution in [0.2, 0.25) is 0 Å². The van der Waals surface area contributed by atoms with Crippen molar-refractivity contribution in [1.29, 1.82) is 0 Å². The molecule has 1 saturated carbocycles. The molecule has 1 unspecified atom stereocenters. The molecule has 206 valence electrons. The zero-order valence-electron chi connectivity index (χ0n) is 22.5. The van der Waals surface area contributed by atoms with E-state index in [4.69, 9.17) is 9.84 Å². The van der Waals surface area contributed by atoms with Gasteiger partial charge in [-0.05, 0) is 56.9 Å². The van der Waals surface area contributed by atoms with E-state index in [0.29, 0.717) is 52.3 Å². The van der Waals surface area contributed by atoms with Crippen LogP contribution in [-0.4, -0.2) is 51.3 Å². The molecule has 2 atom stereocenters. The standard InChI is InChI=1S/C29H29F2N7O2/c1-14-8-17(9-15(2)23(14)30)25-28(26-16(3)32-6-7-36(26)34-25)35-12-19-13-40-22-10-21-20(11-33-38(21)18-4-5-18)24(31)27(22)37(19)29(35)39/h8-11,16,18-19,32H,4-7,12-13H2,1-3H3/t16?,19-/m1/s1. The van der Waals surface area contributed by atoms with Gasteiger partial charge in [0, 0.05) is 24.2 Å². The Labute approximate surface area is 229 Å². The largest absolute Gasteiger partial charge is 0.489 e. The van der Waals surface area contributed by atoms with Crippen molar-refractivity contribution in [2.45, 2.75) is 58.3 Å². The fourth-order valence-corrected chi connectivity index (χ4v) is 6.58. The Kier molecular flexibility index (Phi) is 4.93. The first-order valence-electron chi connectivity index (χ1n) is 13.9. The first-order valence-corrected chi connectivity index (χ1v) is 13.9. The van der Waals surface area contributed by atoms with Gasteiger partial charge in [0.25, 0.3) is 0 Å². The van der Waals surface area contributed by atoms with Gasteiger partial charge in [-0.15, -0.1) is 0 Å². The van der Waals surface area contributed by atoms with Gasteiger partial charge in [0.1, 0.15) is 29.6 Å². The number of fused-ring (bicyclic) bond motifs is 5. The van der Waals surface area contributed by atoms with Crippen LogP contribution in [-0.2, 0) is 6.54 Å². The molecule has 2 aromatic heterocycles. The minimum Gasteiger partial charge on any atom is -0.489 e. The predicted molar refractivity (Wildman–Crippen MR) is 146 cm³/mol. The number of nitrogens with one attached hydrogen (secondary N) is 1. The average molecular weight is 546 g/mol. The summed E-state index contributed by atoms with van der Waals surface area (Å²) in [6.07, 6.45) is 3.59. The number of aryl methyl sites for hydroxylation is 2. The van der Waals surface area contributed by atoms with Gasteiger partial charge >= 0.3 is 6.03 Å². The van der Waals surface area contributed by atoms with E-state index in [1.165, 1.54) is 4.90 Å². The fraction of sp³-hybridized carbons (Fsp3) is 0.414. The lowest BCUT2D eigenvalue weighted by molar-refractivity contribution is 0.246. The van der Waals surface area contributed by atoms with Gasteiger partial charge in [0.05, 0.1) is 53.7 Å². The highest BCUT2D eigenvalue weighted by molar-refractivity contribution is 6.11. The van der Waals surface area contributed by atoms with Crippen LogP contribution < -0.4 is 19.9 Å². The third-order valence-electron chi connectivity index (χ3n) is 8.67. The van der Waals surface area contributed by atoms with Gasteiger partial charge in [0.15, 0.2) is 5.82 Å². The molecule has 40 heavy (non-hydrogen) atoms. The van der Waals surface area contributed by atoms with Crippen LogP contribution in [0.1, 0.15) is 48.7 Å². The number of carbonyl (C=O) groups excluding carboxylic acids is 1. The molecule has 0 bridgehead atoms. The highest BCUT2D eigenvalue weighted by Crippen LogP contribution is 2.47. The molecule has 4 aliphatic rings. The quantitative estimate of drug-likeness (QED) is 0.392. The summed E-state index contributed by atoms with van der Waals surface area (Å²) in [6, 6.07) is 4.89. The minimum absolute atomic E-state index is 0.0637. The van der Waals surface area contributed by atoms with E-state index in [-0.39, 0.29) is 42.3 Å². The average Bonchev–Trinajstić information content (AvgIpc) is 3.43. The van der Waals surface area contributed by atoms with E-state index in [1.54, 1.807) is 37.1 Å². The molecule has 2 aromatic carbocycles. The van der Waals surface area contributed by atoms with Crippen molar-refractivity contribution in [1.82, 2.24) is 24.9 Å². The number of halogens is 2. The van der Waals surface area contributed by atoms with Gasteiger partial charge in [-0.3, -0.25) is 19.2 Å². The summed E-state index contributed by atoms with van der Waals surface area (Å²) in [5, 5.41) is 13.2. The predicted octanol–water partition coefficient (Wildman–Crippen LogP) is 5.00. The highest BCUT2D eigenvalue weighted by Gasteiger charge is 2.47. The normalized spacial score (nSPS) is 22.0. The van der Waals surface area contributed by atoms with Gasteiger partial charge in [-0.25, -0.2) is 13.6 Å². The van der Waals surface area contributed by atoms with E-state index >= 15 is 4.39 Å². The number of rotatable bonds is 3. The molecular formula is C29H29F2N7O2. The van der Waals surface area contributed by atoms with Crippen LogP contribution in [0.5, 0.6) is 5.75 Å². The summed E-state index contributed by atoms with van der Waals surface area (Å²) >= 11 is 0. The lowest BCUT2D eigenvalue weighted by Gasteiger charge is -2.31. The molecule has 2 fully saturated rings. The van der Waals surface area contributed by atoms with Gasteiger partial charge < -0.3 is 10.1 Å². The molecule has 11 heteroatoms. The Morgan fingerprint density at radius 2 is 1.82 bits per heavy atom. The maximum atomic E-state index is 16.1. The van der Waals surface area contributed by atoms with Crippen LogP contribution in [0.4, 0.5) is 25.0 Å². The molecule has 4 aromatic rings. The lowest BCUT2D eigenvalue weighted by Crippen LogP contribution is -2.42. The van der Waals surface area contributed by atoms with E-state index in [1.807, 2.05) is 22.4 Å². The summed E-state index contributed by atoms with van der Waals surface area (Å²) in [4.78, 5) is 17.5. The summed E-state index contributed by atoms with van der Waals surface area (Å²) in [5.74, 6) is -0.383. The number of amides is 2. The zero-order chi connectivity index (χ0) is 27.4. The monoisotopic (exact) mass is 545 g/mol. The molecule has 5 heterocycles. The second-order valence-electron chi connectivity index (χ2n) is 11.4. The lowest BCUT2D eigenvalue weighted by atomic mass is 10.0. The van der Waals surface area contributed by atoms with Crippen LogP contribution in [0.15, 0.2) is 24.4 Å². The maximum Gasteiger partial charge on any atom is 0.329 e. The number of urea groups is 1. The van der Waals surface area contributed by atoms with Crippen molar-refractivity contribution < 1.29 is 18.3 Å². The summed E-state index contributed by atoms with van der Waals surface area (Å²) in [5.41, 5.74) is 4.81. The molecule has 0 radical (unpaired) electrons. The molecule has 2 amide bonds. The van der Waals surface area contributed by atoms with Crippen molar-refractivity contribution in [3.63, 3.8) is 0 Å². The number of benzene rings is 2. The van der Waals surface area contributed by atoms with Gasteiger partial charge in [-0.2, -0.15) is 10.2 Å². The number of aromatic nitrogens is 4. The van der Waals surface area contributed by atoms with Crippen molar-refractivity contribution >= 4 is 28.3 Å². The van der Waals surface area contributed by atoms with Crippen LogP contribution >= 0.6 is 0 Å². The van der Waals surface area contributed by atoms with Crippen LogP contribution in [0.25, 0.3) is 22.2 Å². The number of carbonyl (C=O) groups is 1. The van der Waals surface area contributed by atoms with Crippen LogP contribution in [0.3, 0.4) is 0 Å². The number of ether oxygens (including phenoxy) is 1. The summed E-state index contributed by atoms with van der Waals surface area (Å²) in [6.45, 7) is 7.46. The number of nitrogens with zero attached hydrogens (tertiary/aromatic N) is 6. The molecule has 9 nitrogen and oxygen atoms in total. The second kappa shape index (κ2) is 8.26. The van der Waals surface area contributed by atoms with E-state index < -0.39 is 5.82 Å². The van der Waals surface area contributed by atoms with Crippen molar-refractivity contribution in [2.24, 2.45) is 0 Å². The van der Waals surface area contributed by atoms with E-state index in [0.717, 1.165) is 30.6 Å². The Morgan fingerprint density at radius 3 is 2.58 bits per heavy atom. The SMILES string of the molecule is Cc1cc(-c2nn3c(c2N2C[C@@H]4COc5cc6c(cnn6C6CC6)c(F)c5N4C2=O)C(C)NCC3)cc(C)c1F. The molecule has 0 spiro atoms. The smallest absolute Gasteiger partial charge is 0.329 e. The van der Waals surface area contributed by atoms with E-state index in [2.05, 4.69) is 10.4 Å². The summed E-state index contributed by atoms with van der Waals surface area (Å²) < 4.78 is 40.6. The number of anilines is 2. The minimum atomic E-state index is -0.489. The first kappa shape index (κ1) is 23.9. The molecular weight excluding hydrogens is 516 g/mol. The Hall–Kier alpha value is -3.99. The Balaban J connectivity index is 1.27. The Morgan fingerprint density at radius 1 is 1.05 bits per heavy atom. The third-order valence-corrected chi connectivity index (χ3v) is 8.67. The fourth-order valence-electron chi connectivity index (χ4n) is 6.58. The maximum absolute atomic E-state index is 16.1. The second-order valence-corrected chi connectivity index (χ2v) is 11.4. The molecule has 1 N–H and O–H groups in total. The zero-order valence-corrected chi connectivity index (χ0v) is 22.5. The number of hydrogen-bond acceptors (Lipinski definition) is 5. The van der Waals surface area contributed by atoms with Crippen molar-refractivity contribution in [3.8, 4) is 17.0 Å². The van der Waals surface area contributed by atoms with Gasteiger partial charge in [-0.1, -0.05) is 0 Å². The molecule has 1 saturated heterocycles. The summed E-state index contributed by atoms with van der Waals surface area (Å²) in [7, 11) is 0. The molecule has 1 aliphatic carbocycles. The highest BCUT2D eigenvalue weighted by atomic mass is 19.1. The molecule has 3 aliphatic heterocycles. The topological polar surface area (TPSA) is 80.5 Å². The molecule has 8 rings (SSSR count). The van der Waals surface area contributed by atoms with Gasteiger partial charge in [0.2, 0.25) is 0 Å². The third kappa shape index (κ3) is 3.24. The van der Waals surface area contributed by atoms with Crippen LogP contribution in [0, 0.1) is 25.5 Å². The first-order chi connectivity index (χ1) is 19.3. The Bertz CT molecular complexity index is 1720.